The average Bonchev–Trinajstić information content (AvgIpc) is 2.67. The third kappa shape index (κ3) is 4.95. The summed E-state index contributed by atoms with van der Waals surface area (Å²) in [5.41, 5.74) is 5.07. The first kappa shape index (κ1) is 20.4. The summed E-state index contributed by atoms with van der Waals surface area (Å²) < 4.78 is 38.7. The molecule has 0 spiro atoms. The van der Waals surface area contributed by atoms with Crippen LogP contribution in [-0.4, -0.2) is 67.4 Å². The van der Waals surface area contributed by atoms with E-state index in [0.717, 1.165) is 12.1 Å². The Hall–Kier alpha value is -2.29. The highest BCUT2D eigenvalue weighted by molar-refractivity contribution is 5.79. The lowest BCUT2D eigenvalue weighted by atomic mass is 9.95. The molecule has 6 nitrogen and oxygen atoms in total. The van der Waals surface area contributed by atoms with Crippen molar-refractivity contribution in [2.45, 2.75) is 19.0 Å². The Morgan fingerprint density at radius 1 is 1.04 bits per heavy atom. The van der Waals surface area contributed by atoms with Gasteiger partial charge in [-0.1, -0.05) is 6.07 Å². The van der Waals surface area contributed by atoms with Crippen molar-refractivity contribution in [3.05, 3.63) is 29.8 Å². The lowest BCUT2D eigenvalue weighted by Gasteiger charge is -2.39. The maximum absolute atomic E-state index is 12.9. The van der Waals surface area contributed by atoms with E-state index in [1.807, 2.05) is 9.80 Å². The molecule has 2 saturated heterocycles. The minimum absolute atomic E-state index is 0.0655. The quantitative estimate of drug-likeness (QED) is 0.836. The number of alkyl halides is 3. The van der Waals surface area contributed by atoms with Gasteiger partial charge < -0.3 is 15.5 Å². The molecule has 28 heavy (non-hydrogen) atoms. The van der Waals surface area contributed by atoms with Crippen LogP contribution in [0.2, 0.25) is 0 Å². The van der Waals surface area contributed by atoms with E-state index in [2.05, 4.69) is 0 Å². The summed E-state index contributed by atoms with van der Waals surface area (Å²) in [6.45, 7) is 3.57. The summed E-state index contributed by atoms with van der Waals surface area (Å²) >= 11 is 0. The fourth-order valence-electron chi connectivity index (χ4n) is 3.88. The van der Waals surface area contributed by atoms with E-state index in [1.165, 1.54) is 6.07 Å². The summed E-state index contributed by atoms with van der Waals surface area (Å²) in [5.74, 6) is -0.331. The van der Waals surface area contributed by atoms with Crippen molar-refractivity contribution < 1.29 is 22.8 Å². The van der Waals surface area contributed by atoms with Crippen molar-refractivity contribution in [3.8, 4) is 0 Å². The van der Waals surface area contributed by atoms with Gasteiger partial charge in [-0.15, -0.1) is 0 Å². The van der Waals surface area contributed by atoms with Gasteiger partial charge in [-0.2, -0.15) is 13.2 Å². The van der Waals surface area contributed by atoms with Gasteiger partial charge in [0.1, 0.15) is 0 Å². The molecule has 2 N–H and O–H groups in total. The molecule has 1 aromatic rings. The Morgan fingerprint density at radius 2 is 1.68 bits per heavy atom. The molecule has 0 bridgehead atoms. The van der Waals surface area contributed by atoms with E-state index in [9.17, 15) is 22.8 Å². The predicted octanol–water partition coefficient (Wildman–Crippen LogP) is 1.55. The molecule has 2 aliphatic heterocycles. The number of rotatable bonds is 4. The fourth-order valence-corrected chi connectivity index (χ4v) is 3.88. The molecule has 0 unspecified atom stereocenters. The maximum Gasteiger partial charge on any atom is 0.416 e. The topological polar surface area (TPSA) is 69.9 Å². The van der Waals surface area contributed by atoms with E-state index in [-0.39, 0.29) is 24.3 Å². The first-order chi connectivity index (χ1) is 13.2. The molecule has 0 aromatic heterocycles. The Labute approximate surface area is 162 Å². The van der Waals surface area contributed by atoms with E-state index < -0.39 is 11.7 Å². The second kappa shape index (κ2) is 8.38. The van der Waals surface area contributed by atoms with Crippen LogP contribution in [0, 0.1) is 5.92 Å². The molecule has 0 radical (unpaired) electrons. The van der Waals surface area contributed by atoms with Gasteiger partial charge >= 0.3 is 6.18 Å². The van der Waals surface area contributed by atoms with Crippen molar-refractivity contribution in [1.82, 2.24) is 9.80 Å². The number of amides is 2. The van der Waals surface area contributed by atoms with Crippen LogP contribution in [0.3, 0.4) is 0 Å². The molecule has 9 heteroatoms. The van der Waals surface area contributed by atoms with Gasteiger partial charge in [-0.25, -0.2) is 0 Å². The summed E-state index contributed by atoms with van der Waals surface area (Å²) in [6.07, 6.45) is -2.98. The van der Waals surface area contributed by atoms with E-state index in [4.69, 9.17) is 5.73 Å². The molecule has 2 amide bonds. The SMILES string of the molecule is NC(=O)CN1CCC(C(=O)N2CCN(c3cccc(C(F)(F)F)c3)CC2)CC1. The molecule has 2 aliphatic rings. The number of carbonyl (C=O) groups excluding carboxylic acids is 2. The number of hydrogen-bond acceptors (Lipinski definition) is 4. The molecule has 2 heterocycles. The number of halogens is 3. The highest BCUT2D eigenvalue weighted by atomic mass is 19.4. The Morgan fingerprint density at radius 3 is 2.25 bits per heavy atom. The first-order valence-corrected chi connectivity index (χ1v) is 9.45. The predicted molar refractivity (Wildman–Crippen MR) is 98.6 cm³/mol. The van der Waals surface area contributed by atoms with Crippen LogP contribution >= 0.6 is 0 Å². The van der Waals surface area contributed by atoms with Crippen molar-refractivity contribution >= 4 is 17.5 Å². The number of benzene rings is 1. The zero-order valence-corrected chi connectivity index (χ0v) is 15.6. The van der Waals surface area contributed by atoms with Crippen LogP contribution in [0.4, 0.5) is 18.9 Å². The first-order valence-electron chi connectivity index (χ1n) is 9.45. The van der Waals surface area contributed by atoms with Gasteiger partial charge in [0.05, 0.1) is 12.1 Å². The zero-order valence-electron chi connectivity index (χ0n) is 15.6. The molecule has 154 valence electrons. The maximum atomic E-state index is 12.9. The summed E-state index contributed by atoms with van der Waals surface area (Å²) in [4.78, 5) is 29.4. The number of nitrogens with two attached hydrogens (primary N) is 1. The zero-order chi connectivity index (χ0) is 20.3. The minimum atomic E-state index is -4.36. The van der Waals surface area contributed by atoms with Gasteiger partial charge in [0, 0.05) is 37.8 Å². The number of likely N-dealkylation sites (tertiary alicyclic amines) is 1. The minimum Gasteiger partial charge on any atom is -0.369 e. The molecular formula is C19H25F3N4O2. The smallest absolute Gasteiger partial charge is 0.369 e. The second-order valence-corrected chi connectivity index (χ2v) is 7.38. The lowest BCUT2D eigenvalue weighted by molar-refractivity contribution is -0.138. The van der Waals surface area contributed by atoms with Gasteiger partial charge in [-0.05, 0) is 44.1 Å². The lowest BCUT2D eigenvalue weighted by Crippen LogP contribution is -2.52. The third-order valence-corrected chi connectivity index (χ3v) is 5.45. The highest BCUT2D eigenvalue weighted by Gasteiger charge is 2.33. The van der Waals surface area contributed by atoms with Crippen LogP contribution in [0.5, 0.6) is 0 Å². The molecule has 2 fully saturated rings. The largest absolute Gasteiger partial charge is 0.416 e. The fraction of sp³-hybridized carbons (Fsp3) is 0.579. The summed E-state index contributed by atoms with van der Waals surface area (Å²) in [5, 5.41) is 0. The summed E-state index contributed by atoms with van der Waals surface area (Å²) in [7, 11) is 0. The van der Waals surface area contributed by atoms with E-state index in [0.29, 0.717) is 57.8 Å². The van der Waals surface area contributed by atoms with Crippen LogP contribution in [0.15, 0.2) is 24.3 Å². The third-order valence-electron chi connectivity index (χ3n) is 5.45. The van der Waals surface area contributed by atoms with Crippen molar-refractivity contribution in [2.75, 3.05) is 50.7 Å². The molecule has 0 atom stereocenters. The highest BCUT2D eigenvalue weighted by Crippen LogP contribution is 2.32. The number of carbonyl (C=O) groups is 2. The van der Waals surface area contributed by atoms with Crippen LogP contribution in [-0.2, 0) is 15.8 Å². The Kier molecular flexibility index (Phi) is 6.12. The normalized spacial score (nSPS) is 19.7. The van der Waals surface area contributed by atoms with Gasteiger partial charge in [0.15, 0.2) is 0 Å². The number of nitrogens with zero attached hydrogens (tertiary/aromatic N) is 3. The van der Waals surface area contributed by atoms with Crippen LogP contribution in [0.25, 0.3) is 0 Å². The number of piperazine rings is 1. The van der Waals surface area contributed by atoms with Gasteiger partial charge in [0.25, 0.3) is 0 Å². The Bertz CT molecular complexity index is 709. The molecule has 1 aromatic carbocycles. The number of primary amides is 1. The molecule has 0 saturated carbocycles. The van der Waals surface area contributed by atoms with Gasteiger partial charge in [0.2, 0.25) is 11.8 Å². The van der Waals surface area contributed by atoms with Gasteiger partial charge in [-0.3, -0.25) is 14.5 Å². The number of anilines is 1. The standard InChI is InChI=1S/C19H25F3N4O2/c20-19(21,22)15-2-1-3-16(12-15)25-8-10-26(11-9-25)18(28)14-4-6-24(7-5-14)13-17(23)27/h1-3,12,14H,4-11,13H2,(H2,23,27). The molecule has 0 aliphatic carbocycles. The molecule has 3 rings (SSSR count). The second-order valence-electron chi connectivity index (χ2n) is 7.38. The van der Waals surface area contributed by atoms with Crippen molar-refractivity contribution in [2.24, 2.45) is 11.7 Å². The number of hydrogen-bond donors (Lipinski definition) is 1. The Balaban J connectivity index is 1.52. The van der Waals surface area contributed by atoms with Crippen LogP contribution < -0.4 is 10.6 Å². The van der Waals surface area contributed by atoms with Crippen LogP contribution in [0.1, 0.15) is 18.4 Å². The van der Waals surface area contributed by atoms with Crippen molar-refractivity contribution in [3.63, 3.8) is 0 Å². The monoisotopic (exact) mass is 398 g/mol. The van der Waals surface area contributed by atoms with Crippen molar-refractivity contribution in [1.29, 1.82) is 0 Å². The van der Waals surface area contributed by atoms with E-state index in [1.54, 1.807) is 11.0 Å². The average molecular weight is 398 g/mol. The molecular weight excluding hydrogens is 373 g/mol. The number of piperidine rings is 1. The summed E-state index contributed by atoms with van der Waals surface area (Å²) in [6, 6.07) is 5.30. The van der Waals surface area contributed by atoms with E-state index >= 15 is 0 Å².